The van der Waals surface area contributed by atoms with Gasteiger partial charge in [0.15, 0.2) is 6.61 Å². The number of aryl methyl sites for hydroxylation is 1. The number of hydrogen-bond donors (Lipinski definition) is 2. The third-order valence-corrected chi connectivity index (χ3v) is 5.53. The lowest BCUT2D eigenvalue weighted by Crippen LogP contribution is -2.47. The van der Waals surface area contributed by atoms with Crippen molar-refractivity contribution in [2.45, 2.75) is 26.3 Å². The van der Waals surface area contributed by atoms with Crippen LogP contribution < -0.4 is 20.7 Å². The van der Waals surface area contributed by atoms with Gasteiger partial charge in [0, 0.05) is 50.0 Å². The zero-order valence-electron chi connectivity index (χ0n) is 18.3. The summed E-state index contributed by atoms with van der Waals surface area (Å²) in [6, 6.07) is 15.1. The van der Waals surface area contributed by atoms with Gasteiger partial charge >= 0.3 is 0 Å². The van der Waals surface area contributed by atoms with Crippen molar-refractivity contribution in [1.29, 1.82) is 0 Å². The predicted molar refractivity (Wildman–Crippen MR) is 123 cm³/mol. The van der Waals surface area contributed by atoms with E-state index in [1.807, 2.05) is 6.92 Å². The van der Waals surface area contributed by atoms with Crippen LogP contribution in [0.4, 0.5) is 5.69 Å². The van der Waals surface area contributed by atoms with Crippen molar-refractivity contribution in [3.8, 4) is 5.75 Å². The van der Waals surface area contributed by atoms with E-state index in [1.165, 1.54) is 11.3 Å². The number of carbonyl (C=O) groups is 2. The van der Waals surface area contributed by atoms with E-state index in [0.717, 1.165) is 39.1 Å². The second kappa shape index (κ2) is 10.8. The number of nitrogens with one attached hydrogen (secondary N) is 1. The molecule has 0 bridgehead atoms. The molecule has 2 aromatic rings. The zero-order valence-corrected chi connectivity index (χ0v) is 18.3. The molecule has 0 aliphatic carbocycles. The van der Waals surface area contributed by atoms with Crippen molar-refractivity contribution in [2.75, 3.05) is 44.2 Å². The van der Waals surface area contributed by atoms with Crippen molar-refractivity contribution in [1.82, 2.24) is 10.2 Å². The van der Waals surface area contributed by atoms with Crippen molar-refractivity contribution in [3.05, 3.63) is 59.7 Å². The maximum atomic E-state index is 12.1. The Labute approximate surface area is 184 Å². The molecule has 3 N–H and O–H groups in total. The van der Waals surface area contributed by atoms with E-state index >= 15 is 0 Å². The highest BCUT2D eigenvalue weighted by molar-refractivity contribution is 5.92. The molecule has 3 rings (SSSR count). The maximum absolute atomic E-state index is 12.1. The number of piperazine rings is 1. The van der Waals surface area contributed by atoms with Crippen LogP contribution in [0.5, 0.6) is 5.75 Å². The average molecular weight is 425 g/mol. The van der Waals surface area contributed by atoms with Gasteiger partial charge in [-0.25, -0.2) is 0 Å². The molecule has 2 aromatic carbocycles. The molecule has 1 fully saturated rings. The summed E-state index contributed by atoms with van der Waals surface area (Å²) < 4.78 is 5.48. The molecule has 1 aliphatic heterocycles. The second-order valence-corrected chi connectivity index (χ2v) is 8.10. The first-order chi connectivity index (χ1) is 14.9. The normalized spacial score (nSPS) is 15.4. The first kappa shape index (κ1) is 22.6. The highest BCUT2D eigenvalue weighted by Crippen LogP contribution is 2.18. The smallest absolute Gasteiger partial charge is 0.258 e. The summed E-state index contributed by atoms with van der Waals surface area (Å²) in [4.78, 5) is 28.1. The second-order valence-electron chi connectivity index (χ2n) is 8.10. The van der Waals surface area contributed by atoms with Crippen LogP contribution in [0, 0.1) is 6.92 Å². The van der Waals surface area contributed by atoms with Gasteiger partial charge in [-0.15, -0.1) is 0 Å². The molecular formula is C24H32N4O3. The molecule has 7 nitrogen and oxygen atoms in total. The molecule has 1 aliphatic rings. The van der Waals surface area contributed by atoms with Crippen molar-refractivity contribution in [2.24, 2.45) is 5.73 Å². The number of ether oxygens (including phenoxy) is 1. The van der Waals surface area contributed by atoms with Crippen molar-refractivity contribution in [3.63, 3.8) is 0 Å². The lowest BCUT2D eigenvalue weighted by atomic mass is 10.1. The van der Waals surface area contributed by atoms with Gasteiger partial charge in [0.25, 0.3) is 5.91 Å². The largest absolute Gasteiger partial charge is 0.484 e. The third kappa shape index (κ3) is 7.00. The summed E-state index contributed by atoms with van der Waals surface area (Å²) in [6.07, 6.45) is 0.892. The lowest BCUT2D eigenvalue weighted by molar-refractivity contribution is -0.123. The molecule has 0 saturated carbocycles. The van der Waals surface area contributed by atoms with Gasteiger partial charge in [0.1, 0.15) is 5.75 Å². The molecule has 1 saturated heterocycles. The fourth-order valence-electron chi connectivity index (χ4n) is 3.68. The van der Waals surface area contributed by atoms with Gasteiger partial charge in [-0.3, -0.25) is 14.5 Å². The standard InChI is InChI=1S/C24H32N4O3/c1-18-4-3-5-21(16-18)28-14-12-27(13-15-28)11-10-19(2)26-23(29)17-31-22-8-6-20(7-9-22)24(25)30/h3-9,16,19H,10-15,17H2,1-2H3,(H2,25,30)(H,26,29). The number of nitrogens with zero attached hydrogens (tertiary/aromatic N) is 2. The molecule has 1 heterocycles. The summed E-state index contributed by atoms with van der Waals surface area (Å²) in [5, 5.41) is 2.99. The number of rotatable bonds is 9. The average Bonchev–Trinajstić information content (AvgIpc) is 2.77. The molecule has 0 spiro atoms. The van der Waals surface area contributed by atoms with Gasteiger partial charge < -0.3 is 20.7 Å². The van der Waals surface area contributed by atoms with Crippen molar-refractivity contribution < 1.29 is 14.3 Å². The number of amides is 2. The van der Waals surface area contributed by atoms with Gasteiger partial charge in [0.2, 0.25) is 5.91 Å². The van der Waals surface area contributed by atoms with Crippen LogP contribution in [0.3, 0.4) is 0 Å². The minimum atomic E-state index is -0.491. The molecule has 0 radical (unpaired) electrons. The molecule has 31 heavy (non-hydrogen) atoms. The summed E-state index contributed by atoms with van der Waals surface area (Å²) in [5.41, 5.74) is 8.20. The molecule has 2 amide bonds. The molecule has 7 heteroatoms. The summed E-state index contributed by atoms with van der Waals surface area (Å²) in [6.45, 7) is 9.13. The number of primary amides is 1. The van der Waals surface area contributed by atoms with Crippen LogP contribution >= 0.6 is 0 Å². The van der Waals surface area contributed by atoms with Gasteiger partial charge in [-0.2, -0.15) is 0 Å². The topological polar surface area (TPSA) is 87.9 Å². The van der Waals surface area contributed by atoms with E-state index in [0.29, 0.717) is 11.3 Å². The summed E-state index contributed by atoms with van der Waals surface area (Å²) in [7, 11) is 0. The Kier molecular flexibility index (Phi) is 7.89. The van der Waals surface area contributed by atoms with Crippen molar-refractivity contribution >= 4 is 17.5 Å². The Hall–Kier alpha value is -3.06. The molecule has 1 unspecified atom stereocenters. The number of anilines is 1. The first-order valence-corrected chi connectivity index (χ1v) is 10.8. The highest BCUT2D eigenvalue weighted by atomic mass is 16.5. The van der Waals surface area contributed by atoms with E-state index in [1.54, 1.807) is 24.3 Å². The number of hydrogen-bond acceptors (Lipinski definition) is 5. The predicted octanol–water partition coefficient (Wildman–Crippen LogP) is 2.19. The van der Waals surface area contributed by atoms with Gasteiger partial charge in [-0.05, 0) is 62.2 Å². The van der Waals surface area contributed by atoms with E-state index in [4.69, 9.17) is 10.5 Å². The maximum Gasteiger partial charge on any atom is 0.258 e. The minimum absolute atomic E-state index is 0.0601. The quantitative estimate of drug-likeness (QED) is 0.644. The molecular weight excluding hydrogens is 392 g/mol. The number of nitrogens with two attached hydrogens (primary N) is 1. The lowest BCUT2D eigenvalue weighted by Gasteiger charge is -2.36. The van der Waals surface area contributed by atoms with Crippen LogP contribution in [0.1, 0.15) is 29.3 Å². The summed E-state index contributed by atoms with van der Waals surface area (Å²) >= 11 is 0. The third-order valence-electron chi connectivity index (χ3n) is 5.53. The Bertz CT molecular complexity index is 877. The van der Waals surface area contributed by atoms with Crippen LogP contribution in [-0.2, 0) is 4.79 Å². The van der Waals surface area contributed by atoms with E-state index in [9.17, 15) is 9.59 Å². The summed E-state index contributed by atoms with van der Waals surface area (Å²) in [5.74, 6) is -0.121. The van der Waals surface area contributed by atoms with E-state index in [-0.39, 0.29) is 18.6 Å². The van der Waals surface area contributed by atoms with E-state index in [2.05, 4.69) is 46.3 Å². The van der Waals surface area contributed by atoms with E-state index < -0.39 is 5.91 Å². The Balaban J connectivity index is 1.33. The SMILES string of the molecule is Cc1cccc(N2CCN(CCC(C)NC(=O)COc3ccc(C(N)=O)cc3)CC2)c1. The monoisotopic (exact) mass is 424 g/mol. The number of benzene rings is 2. The van der Waals surface area contributed by atoms with Gasteiger partial charge in [0.05, 0.1) is 0 Å². The fraction of sp³-hybridized carbons (Fsp3) is 0.417. The number of carbonyl (C=O) groups excluding carboxylic acids is 2. The minimum Gasteiger partial charge on any atom is -0.484 e. The Morgan fingerprint density at radius 2 is 1.81 bits per heavy atom. The molecule has 1 atom stereocenters. The Morgan fingerprint density at radius 1 is 1.10 bits per heavy atom. The fourth-order valence-corrected chi connectivity index (χ4v) is 3.68. The first-order valence-electron chi connectivity index (χ1n) is 10.8. The molecule has 166 valence electrons. The van der Waals surface area contributed by atoms with Crippen LogP contribution in [0.2, 0.25) is 0 Å². The van der Waals surface area contributed by atoms with Crippen LogP contribution in [0.25, 0.3) is 0 Å². The Morgan fingerprint density at radius 3 is 2.45 bits per heavy atom. The van der Waals surface area contributed by atoms with Crippen LogP contribution in [-0.4, -0.2) is 62.1 Å². The van der Waals surface area contributed by atoms with Gasteiger partial charge in [-0.1, -0.05) is 12.1 Å². The van der Waals surface area contributed by atoms with Crippen LogP contribution in [0.15, 0.2) is 48.5 Å². The zero-order chi connectivity index (χ0) is 22.2. The highest BCUT2D eigenvalue weighted by Gasteiger charge is 2.18. The molecule has 0 aromatic heterocycles.